The van der Waals surface area contributed by atoms with Gasteiger partial charge in [-0.05, 0) is 46.8 Å². The monoisotopic (exact) mass is 399 g/mol. The highest BCUT2D eigenvalue weighted by atomic mass is 16.6. The first-order valence-corrected chi connectivity index (χ1v) is 9.79. The summed E-state index contributed by atoms with van der Waals surface area (Å²) in [5, 5.41) is 0. The maximum Gasteiger partial charge on any atom is 0.414 e. The van der Waals surface area contributed by atoms with E-state index in [1.807, 2.05) is 46.8 Å². The lowest BCUT2D eigenvalue weighted by Crippen LogP contribution is -2.40. The van der Waals surface area contributed by atoms with Crippen molar-refractivity contribution in [1.82, 2.24) is 14.9 Å². The summed E-state index contributed by atoms with van der Waals surface area (Å²) in [6.45, 7) is 13.4. The van der Waals surface area contributed by atoms with Gasteiger partial charge in [-0.1, -0.05) is 13.8 Å². The van der Waals surface area contributed by atoms with Gasteiger partial charge in [0, 0.05) is 29.9 Å². The molecule has 0 bridgehead atoms. The topological polar surface area (TPSA) is 84.5 Å². The fourth-order valence-electron chi connectivity index (χ4n) is 3.52. The molecule has 1 aliphatic rings. The van der Waals surface area contributed by atoms with E-state index in [-0.39, 0.29) is 11.7 Å². The summed E-state index contributed by atoms with van der Waals surface area (Å²) in [5.41, 5.74) is 2.26. The van der Waals surface area contributed by atoms with Gasteiger partial charge in [0.05, 0.1) is 28.4 Å². The van der Waals surface area contributed by atoms with Gasteiger partial charge in [0.1, 0.15) is 5.60 Å². The molecule has 7 nitrogen and oxygen atoms in total. The fourth-order valence-corrected chi connectivity index (χ4v) is 3.52. The van der Waals surface area contributed by atoms with Crippen LogP contribution in [0.1, 0.15) is 59.7 Å². The summed E-state index contributed by atoms with van der Waals surface area (Å²) < 4.78 is 11.0. The van der Waals surface area contributed by atoms with Crippen molar-refractivity contribution in [2.75, 3.05) is 6.54 Å². The van der Waals surface area contributed by atoms with Crippen molar-refractivity contribution in [2.24, 2.45) is 0 Å². The minimum atomic E-state index is -0.650. The van der Waals surface area contributed by atoms with Crippen molar-refractivity contribution < 1.29 is 19.1 Å². The minimum Gasteiger partial charge on any atom is -0.459 e. The van der Waals surface area contributed by atoms with Crippen LogP contribution in [0.2, 0.25) is 0 Å². The quantitative estimate of drug-likeness (QED) is 0.758. The molecule has 0 aliphatic carbocycles. The molecule has 156 valence electrons. The molecule has 0 saturated heterocycles. The molecule has 3 rings (SSSR count). The second-order valence-electron chi connectivity index (χ2n) is 9.26. The van der Waals surface area contributed by atoms with E-state index in [1.54, 1.807) is 20.0 Å². The Hall–Kier alpha value is -2.83. The third-order valence-corrected chi connectivity index (χ3v) is 4.54. The molecule has 0 unspecified atom stereocenters. The number of fused-ring (bicyclic) bond motifs is 3. The zero-order valence-corrected chi connectivity index (χ0v) is 18.1. The molecule has 0 aromatic carbocycles. The molecular formula is C22H29N3O4. The number of hydrogen-bond donors (Lipinski definition) is 1. The van der Waals surface area contributed by atoms with E-state index in [0.717, 1.165) is 16.6 Å². The van der Waals surface area contributed by atoms with E-state index in [9.17, 15) is 9.59 Å². The van der Waals surface area contributed by atoms with E-state index in [4.69, 9.17) is 9.47 Å². The van der Waals surface area contributed by atoms with Gasteiger partial charge in [-0.2, -0.15) is 0 Å². The Kier molecular flexibility index (Phi) is 5.19. The Morgan fingerprint density at radius 2 is 1.97 bits per heavy atom. The number of rotatable bonds is 2. The molecule has 0 saturated carbocycles. The number of hydrogen-bond acceptors (Lipinski definition) is 5. The van der Waals surface area contributed by atoms with Crippen LogP contribution in [0.3, 0.4) is 0 Å². The lowest BCUT2D eigenvalue weighted by atomic mass is 9.83. The summed E-state index contributed by atoms with van der Waals surface area (Å²) in [4.78, 5) is 35.1. The number of aromatic amines is 1. The summed E-state index contributed by atoms with van der Waals surface area (Å²) in [5.74, 6) is -0.501. The number of aromatic nitrogens is 2. The zero-order chi connectivity index (χ0) is 21.6. The Balaban J connectivity index is 2.18. The lowest BCUT2D eigenvalue weighted by Gasteiger charge is -2.31. The second-order valence-corrected chi connectivity index (χ2v) is 9.26. The number of nitrogens with zero attached hydrogens (tertiary/aromatic N) is 2. The van der Waals surface area contributed by atoms with Crippen LogP contribution in [0.25, 0.3) is 16.6 Å². The fraction of sp³-hybridized carbons (Fsp3) is 0.500. The van der Waals surface area contributed by atoms with Gasteiger partial charge in [-0.25, -0.2) is 9.59 Å². The van der Waals surface area contributed by atoms with Crippen LogP contribution in [0.4, 0.5) is 4.79 Å². The zero-order valence-electron chi connectivity index (χ0n) is 18.1. The Bertz CT molecular complexity index is 980. The summed E-state index contributed by atoms with van der Waals surface area (Å²) >= 11 is 0. The molecular weight excluding hydrogens is 370 g/mol. The first kappa shape index (κ1) is 20.9. The average Bonchev–Trinajstić information content (AvgIpc) is 2.90. The molecule has 0 radical (unpaired) electrons. The summed E-state index contributed by atoms with van der Waals surface area (Å²) in [6.07, 6.45) is 2.45. The van der Waals surface area contributed by atoms with Gasteiger partial charge in [0.25, 0.3) is 0 Å². The highest BCUT2D eigenvalue weighted by Gasteiger charge is 2.39. The van der Waals surface area contributed by atoms with Crippen molar-refractivity contribution in [2.45, 2.75) is 65.6 Å². The predicted octanol–water partition coefficient (Wildman–Crippen LogP) is 4.38. The SMILES string of the molecule is CC(C)OC(=O)C1=CN(C(=O)OC(C)(C)C)CC(C)(C)c2c1[nH]c1cccnc21. The normalized spacial score (nSPS) is 16.3. The molecule has 1 N–H and O–H groups in total. The minimum absolute atomic E-state index is 0.281. The molecule has 3 heterocycles. The number of carbonyl (C=O) groups is 2. The molecule has 0 fully saturated rings. The van der Waals surface area contributed by atoms with Crippen LogP contribution < -0.4 is 0 Å². The van der Waals surface area contributed by atoms with E-state index in [1.165, 1.54) is 11.1 Å². The van der Waals surface area contributed by atoms with Crippen LogP contribution in [0.15, 0.2) is 24.5 Å². The number of H-pyrrole nitrogens is 1. The highest BCUT2D eigenvalue weighted by molar-refractivity contribution is 6.18. The Morgan fingerprint density at radius 1 is 1.28 bits per heavy atom. The highest BCUT2D eigenvalue weighted by Crippen LogP contribution is 2.39. The van der Waals surface area contributed by atoms with Gasteiger partial charge < -0.3 is 14.5 Å². The van der Waals surface area contributed by atoms with Gasteiger partial charge in [-0.3, -0.25) is 9.88 Å². The molecule has 2 aromatic rings. The van der Waals surface area contributed by atoms with E-state index < -0.39 is 23.1 Å². The second kappa shape index (κ2) is 7.21. The molecule has 2 aromatic heterocycles. The van der Waals surface area contributed by atoms with E-state index in [2.05, 4.69) is 9.97 Å². The van der Waals surface area contributed by atoms with E-state index >= 15 is 0 Å². The smallest absolute Gasteiger partial charge is 0.414 e. The maximum absolute atomic E-state index is 13.0. The van der Waals surface area contributed by atoms with Gasteiger partial charge in [-0.15, -0.1) is 0 Å². The van der Waals surface area contributed by atoms with Gasteiger partial charge in [0.2, 0.25) is 0 Å². The lowest BCUT2D eigenvalue weighted by molar-refractivity contribution is -0.140. The number of nitrogens with one attached hydrogen (secondary N) is 1. The summed E-state index contributed by atoms with van der Waals surface area (Å²) in [6, 6.07) is 3.76. The third-order valence-electron chi connectivity index (χ3n) is 4.54. The van der Waals surface area contributed by atoms with Crippen LogP contribution in [0.5, 0.6) is 0 Å². The third kappa shape index (κ3) is 4.28. The molecule has 1 amide bonds. The van der Waals surface area contributed by atoms with Crippen LogP contribution in [-0.4, -0.2) is 45.2 Å². The van der Waals surface area contributed by atoms with Gasteiger partial charge in [0.15, 0.2) is 0 Å². The largest absolute Gasteiger partial charge is 0.459 e. The number of carbonyl (C=O) groups excluding carboxylic acids is 2. The first-order chi connectivity index (χ1) is 13.4. The molecule has 29 heavy (non-hydrogen) atoms. The number of esters is 1. The van der Waals surface area contributed by atoms with E-state index in [0.29, 0.717) is 12.2 Å². The average molecular weight is 399 g/mol. The van der Waals surface area contributed by atoms with Crippen molar-refractivity contribution >= 4 is 28.7 Å². The van der Waals surface area contributed by atoms with Crippen LogP contribution in [-0.2, 0) is 19.7 Å². The molecule has 0 atom stereocenters. The van der Waals surface area contributed by atoms with Crippen molar-refractivity contribution in [3.63, 3.8) is 0 Å². The Labute approximate surface area is 171 Å². The number of ether oxygens (including phenoxy) is 2. The molecule has 0 spiro atoms. The number of pyridine rings is 1. The van der Waals surface area contributed by atoms with Gasteiger partial charge >= 0.3 is 12.1 Å². The first-order valence-electron chi connectivity index (χ1n) is 9.79. The van der Waals surface area contributed by atoms with Crippen LogP contribution >= 0.6 is 0 Å². The maximum atomic E-state index is 13.0. The standard InChI is InChI=1S/C22H29N3O4/c1-13(2)28-19(26)14-11-25(20(27)29-21(3,4)5)12-22(6,7)16-17(14)24-15-9-8-10-23-18(15)16/h8-11,13,24H,12H2,1-7H3. The molecule has 1 aliphatic heterocycles. The van der Waals surface area contributed by atoms with Crippen molar-refractivity contribution in [3.8, 4) is 0 Å². The molecule has 7 heteroatoms. The van der Waals surface area contributed by atoms with Crippen LogP contribution in [0, 0.1) is 0 Å². The van der Waals surface area contributed by atoms with Crippen molar-refractivity contribution in [1.29, 1.82) is 0 Å². The summed E-state index contributed by atoms with van der Waals surface area (Å²) in [7, 11) is 0. The number of amides is 1. The Morgan fingerprint density at radius 3 is 2.59 bits per heavy atom. The van der Waals surface area contributed by atoms with Crippen molar-refractivity contribution in [3.05, 3.63) is 35.8 Å². The predicted molar refractivity (Wildman–Crippen MR) is 111 cm³/mol.